The Balaban J connectivity index is 1.87. The topological polar surface area (TPSA) is 51.0 Å². The van der Waals surface area contributed by atoms with E-state index in [1.54, 1.807) is 0 Å². The number of hydrogen-bond donors (Lipinski definition) is 1. The van der Waals surface area contributed by atoms with Crippen LogP contribution in [0.3, 0.4) is 0 Å². The summed E-state index contributed by atoms with van der Waals surface area (Å²) in [6, 6.07) is 0. The van der Waals surface area contributed by atoms with Crippen LogP contribution < -0.4 is 5.32 Å². The molecule has 0 bridgehead atoms. The first-order chi connectivity index (χ1) is 8.51. The lowest BCUT2D eigenvalue weighted by molar-refractivity contribution is -0.191. The monoisotopic (exact) mass is 261 g/mol. The molecule has 18 heavy (non-hydrogen) atoms. The predicted molar refractivity (Wildman–Crippen MR) is 55.9 cm³/mol. The SMILES string of the molecule is FC(F)(F)C1(c2nc(CC3CC3)no2)CCNC1. The molecule has 1 atom stereocenters. The molecule has 2 aliphatic rings. The highest BCUT2D eigenvalue weighted by molar-refractivity contribution is 5.14. The molecule has 100 valence electrons. The van der Waals surface area contributed by atoms with Crippen molar-refractivity contribution in [1.29, 1.82) is 0 Å². The second-order valence-corrected chi connectivity index (χ2v) is 5.17. The summed E-state index contributed by atoms with van der Waals surface area (Å²) >= 11 is 0. The molecule has 0 radical (unpaired) electrons. The molecule has 1 saturated heterocycles. The molecule has 1 unspecified atom stereocenters. The third-order valence-electron chi connectivity index (χ3n) is 3.74. The molecule has 4 nitrogen and oxygen atoms in total. The molecule has 1 saturated carbocycles. The Bertz CT molecular complexity index is 433. The Hall–Kier alpha value is -1.11. The predicted octanol–water partition coefficient (Wildman–Crippen LogP) is 1.82. The number of nitrogens with one attached hydrogen (secondary N) is 1. The molecule has 1 N–H and O–H groups in total. The van der Waals surface area contributed by atoms with Gasteiger partial charge >= 0.3 is 6.18 Å². The Morgan fingerprint density at radius 1 is 1.39 bits per heavy atom. The second-order valence-electron chi connectivity index (χ2n) is 5.17. The van der Waals surface area contributed by atoms with Crippen molar-refractivity contribution in [2.45, 2.75) is 37.3 Å². The highest BCUT2D eigenvalue weighted by Crippen LogP contribution is 2.44. The van der Waals surface area contributed by atoms with Gasteiger partial charge in [-0.2, -0.15) is 18.2 Å². The third kappa shape index (κ3) is 1.90. The van der Waals surface area contributed by atoms with Crippen LogP contribution in [0, 0.1) is 5.92 Å². The lowest BCUT2D eigenvalue weighted by atomic mass is 9.86. The van der Waals surface area contributed by atoms with Gasteiger partial charge < -0.3 is 9.84 Å². The number of nitrogens with zero attached hydrogens (tertiary/aromatic N) is 2. The van der Waals surface area contributed by atoms with E-state index in [-0.39, 0.29) is 18.9 Å². The summed E-state index contributed by atoms with van der Waals surface area (Å²) in [4.78, 5) is 3.97. The van der Waals surface area contributed by atoms with E-state index in [2.05, 4.69) is 15.5 Å². The molecule has 1 aliphatic carbocycles. The molecule has 7 heteroatoms. The highest BCUT2D eigenvalue weighted by Gasteiger charge is 2.61. The summed E-state index contributed by atoms with van der Waals surface area (Å²) in [5.74, 6) is 0.651. The number of alkyl halides is 3. The molecule has 2 fully saturated rings. The first-order valence-electron chi connectivity index (χ1n) is 6.12. The Morgan fingerprint density at radius 3 is 2.72 bits per heavy atom. The average molecular weight is 261 g/mol. The van der Waals surface area contributed by atoms with Gasteiger partial charge in [0, 0.05) is 13.0 Å². The summed E-state index contributed by atoms with van der Waals surface area (Å²) in [6.45, 7) is 0.140. The molecular weight excluding hydrogens is 247 g/mol. The maximum absolute atomic E-state index is 13.2. The van der Waals surface area contributed by atoms with Crippen LogP contribution in [0.25, 0.3) is 0 Å². The average Bonchev–Trinajstić information content (AvgIpc) is 2.81. The zero-order chi connectivity index (χ0) is 12.8. The molecular formula is C11H14F3N3O. The largest absolute Gasteiger partial charge is 0.404 e. The van der Waals surface area contributed by atoms with Crippen LogP contribution in [0.1, 0.15) is 31.0 Å². The molecule has 1 aromatic rings. The maximum atomic E-state index is 13.2. The Labute approximate surface area is 102 Å². The van der Waals surface area contributed by atoms with Gasteiger partial charge in [0.2, 0.25) is 5.89 Å². The van der Waals surface area contributed by atoms with Gasteiger partial charge in [-0.1, -0.05) is 5.16 Å². The Kier molecular flexibility index (Phi) is 2.62. The van der Waals surface area contributed by atoms with Crippen molar-refractivity contribution in [3.63, 3.8) is 0 Å². The van der Waals surface area contributed by atoms with Crippen molar-refractivity contribution in [3.8, 4) is 0 Å². The number of aromatic nitrogens is 2. The van der Waals surface area contributed by atoms with Gasteiger partial charge in [0.1, 0.15) is 0 Å². The number of halogens is 3. The highest BCUT2D eigenvalue weighted by atomic mass is 19.4. The normalized spacial score (nSPS) is 28.8. The van der Waals surface area contributed by atoms with Gasteiger partial charge in [0.05, 0.1) is 0 Å². The molecule has 0 aromatic carbocycles. The van der Waals surface area contributed by atoms with E-state index in [9.17, 15) is 13.2 Å². The van der Waals surface area contributed by atoms with Gasteiger partial charge in [0.25, 0.3) is 0 Å². The van der Waals surface area contributed by atoms with E-state index >= 15 is 0 Å². The van der Waals surface area contributed by atoms with Crippen molar-refractivity contribution in [2.75, 3.05) is 13.1 Å². The van der Waals surface area contributed by atoms with Gasteiger partial charge in [-0.15, -0.1) is 0 Å². The lowest BCUT2D eigenvalue weighted by Gasteiger charge is -2.26. The fraction of sp³-hybridized carbons (Fsp3) is 0.818. The van der Waals surface area contributed by atoms with Crippen LogP contribution >= 0.6 is 0 Å². The van der Waals surface area contributed by atoms with Crippen LogP contribution in [-0.4, -0.2) is 29.4 Å². The third-order valence-corrected chi connectivity index (χ3v) is 3.74. The van der Waals surface area contributed by atoms with Crippen LogP contribution in [0.4, 0.5) is 13.2 Å². The quantitative estimate of drug-likeness (QED) is 0.901. The zero-order valence-corrected chi connectivity index (χ0v) is 9.76. The standard InChI is InChI=1S/C11H14F3N3O/c12-11(13,14)10(3-4-15-6-10)9-16-8(17-18-9)5-7-1-2-7/h7,15H,1-6H2. The van der Waals surface area contributed by atoms with Crippen LogP contribution in [0.5, 0.6) is 0 Å². The summed E-state index contributed by atoms with van der Waals surface area (Å²) in [7, 11) is 0. The minimum atomic E-state index is -4.36. The smallest absolute Gasteiger partial charge is 0.338 e. The maximum Gasteiger partial charge on any atom is 0.404 e. The van der Waals surface area contributed by atoms with Crippen molar-refractivity contribution in [2.24, 2.45) is 5.92 Å². The minimum absolute atomic E-state index is 0.0401. The fourth-order valence-electron chi connectivity index (χ4n) is 2.35. The second kappa shape index (κ2) is 3.94. The van der Waals surface area contributed by atoms with Crippen LogP contribution in [0.15, 0.2) is 4.52 Å². The Morgan fingerprint density at radius 2 is 2.17 bits per heavy atom. The fourth-order valence-corrected chi connectivity index (χ4v) is 2.35. The van der Waals surface area contributed by atoms with E-state index in [0.29, 0.717) is 24.7 Å². The van der Waals surface area contributed by atoms with E-state index in [0.717, 1.165) is 12.8 Å². The van der Waals surface area contributed by atoms with E-state index in [1.807, 2.05) is 0 Å². The van der Waals surface area contributed by atoms with Gasteiger partial charge in [-0.05, 0) is 31.7 Å². The molecule has 1 aliphatic heterocycles. The summed E-state index contributed by atoms with van der Waals surface area (Å²) < 4.78 is 44.5. The van der Waals surface area contributed by atoms with Gasteiger partial charge in [-0.25, -0.2) is 0 Å². The van der Waals surface area contributed by atoms with E-state index < -0.39 is 11.6 Å². The number of rotatable bonds is 3. The summed E-state index contributed by atoms with van der Waals surface area (Å²) in [5.41, 5.74) is -2.00. The molecule has 0 spiro atoms. The summed E-state index contributed by atoms with van der Waals surface area (Å²) in [6.07, 6.45) is -1.56. The zero-order valence-electron chi connectivity index (χ0n) is 9.76. The van der Waals surface area contributed by atoms with Crippen molar-refractivity contribution >= 4 is 0 Å². The first-order valence-corrected chi connectivity index (χ1v) is 6.12. The van der Waals surface area contributed by atoms with E-state index in [1.165, 1.54) is 0 Å². The molecule has 3 rings (SSSR count). The van der Waals surface area contributed by atoms with Crippen molar-refractivity contribution in [3.05, 3.63) is 11.7 Å². The molecule has 1 aromatic heterocycles. The first kappa shape index (κ1) is 12.0. The molecule has 2 heterocycles. The van der Waals surface area contributed by atoms with Crippen molar-refractivity contribution in [1.82, 2.24) is 15.5 Å². The lowest BCUT2D eigenvalue weighted by Crippen LogP contribution is -2.44. The molecule has 0 amide bonds. The van der Waals surface area contributed by atoms with Gasteiger partial charge in [-0.3, -0.25) is 0 Å². The van der Waals surface area contributed by atoms with E-state index in [4.69, 9.17) is 4.52 Å². The minimum Gasteiger partial charge on any atom is -0.338 e. The summed E-state index contributed by atoms with van der Waals surface area (Å²) in [5, 5.41) is 6.42. The number of hydrogen-bond acceptors (Lipinski definition) is 4. The van der Waals surface area contributed by atoms with Gasteiger partial charge in [0.15, 0.2) is 11.2 Å². The van der Waals surface area contributed by atoms with Crippen LogP contribution in [-0.2, 0) is 11.8 Å². The van der Waals surface area contributed by atoms with Crippen LogP contribution in [0.2, 0.25) is 0 Å². The van der Waals surface area contributed by atoms with Crippen molar-refractivity contribution < 1.29 is 17.7 Å².